The molecule has 3 rings (SSSR count). The molecule has 2 N–H and O–H groups in total. The van der Waals surface area contributed by atoms with Crippen LogP contribution >= 0.6 is 0 Å². The van der Waals surface area contributed by atoms with E-state index in [1.54, 1.807) is 0 Å². The van der Waals surface area contributed by atoms with E-state index in [2.05, 4.69) is 22.1 Å². The number of aromatic nitrogens is 1. The van der Waals surface area contributed by atoms with E-state index in [0.29, 0.717) is 24.9 Å². The van der Waals surface area contributed by atoms with Crippen molar-refractivity contribution in [1.29, 1.82) is 0 Å². The molecule has 5 heteroatoms. The molecular formula is C21H29N3O2. The summed E-state index contributed by atoms with van der Waals surface area (Å²) in [6.45, 7) is 6.43. The zero-order valence-corrected chi connectivity index (χ0v) is 15.6. The zero-order valence-electron chi connectivity index (χ0n) is 15.6. The maximum atomic E-state index is 12.1. The summed E-state index contributed by atoms with van der Waals surface area (Å²) in [6, 6.07) is 9.59. The highest BCUT2D eigenvalue weighted by Crippen LogP contribution is 2.15. The number of nitrogens with one attached hydrogen (secondary N) is 2. The van der Waals surface area contributed by atoms with Gasteiger partial charge in [-0.15, -0.1) is 0 Å². The number of nitrogens with zero attached hydrogens (tertiary/aromatic N) is 1. The molecule has 1 aliphatic heterocycles. The normalized spacial score (nSPS) is 18.1. The van der Waals surface area contributed by atoms with E-state index in [-0.39, 0.29) is 11.5 Å². The van der Waals surface area contributed by atoms with Gasteiger partial charge in [-0.2, -0.15) is 0 Å². The molecule has 2 aromatic rings. The van der Waals surface area contributed by atoms with Crippen molar-refractivity contribution >= 4 is 16.8 Å². The first-order valence-corrected chi connectivity index (χ1v) is 9.72. The van der Waals surface area contributed by atoms with Crippen LogP contribution in [-0.4, -0.2) is 42.0 Å². The van der Waals surface area contributed by atoms with Gasteiger partial charge in [0.15, 0.2) is 0 Å². The molecule has 1 atom stereocenters. The molecule has 5 nitrogen and oxygen atoms in total. The van der Waals surface area contributed by atoms with Crippen LogP contribution in [-0.2, 0) is 11.2 Å². The molecule has 2 heterocycles. The van der Waals surface area contributed by atoms with Gasteiger partial charge in [0.25, 0.3) is 5.56 Å². The Morgan fingerprint density at radius 3 is 3.04 bits per heavy atom. The van der Waals surface area contributed by atoms with Crippen molar-refractivity contribution in [2.45, 2.75) is 39.0 Å². The van der Waals surface area contributed by atoms with E-state index in [0.717, 1.165) is 29.8 Å². The molecule has 1 aliphatic rings. The van der Waals surface area contributed by atoms with E-state index in [9.17, 15) is 9.59 Å². The number of rotatable bonds is 7. The number of aryl methyl sites for hydroxylation is 1. The number of carbonyl (C=O) groups is 1. The maximum Gasteiger partial charge on any atom is 0.251 e. The molecule has 1 aromatic heterocycles. The van der Waals surface area contributed by atoms with Gasteiger partial charge in [-0.05, 0) is 62.2 Å². The summed E-state index contributed by atoms with van der Waals surface area (Å²) in [5.41, 5.74) is 1.40. The fourth-order valence-electron chi connectivity index (χ4n) is 3.74. The van der Waals surface area contributed by atoms with Gasteiger partial charge < -0.3 is 15.2 Å². The van der Waals surface area contributed by atoms with Crippen LogP contribution in [0.15, 0.2) is 35.1 Å². The van der Waals surface area contributed by atoms with Crippen LogP contribution in [0, 0.1) is 5.92 Å². The Kier molecular flexibility index (Phi) is 6.45. The number of likely N-dealkylation sites (tertiary alicyclic amines) is 1. The van der Waals surface area contributed by atoms with Crippen molar-refractivity contribution in [2.75, 3.05) is 26.2 Å². The van der Waals surface area contributed by atoms with Gasteiger partial charge in [0.2, 0.25) is 5.91 Å². The predicted octanol–water partition coefficient (Wildman–Crippen LogP) is 2.70. The van der Waals surface area contributed by atoms with Crippen LogP contribution in [0.5, 0.6) is 0 Å². The van der Waals surface area contributed by atoms with Gasteiger partial charge in [0.1, 0.15) is 0 Å². The maximum absolute atomic E-state index is 12.1. The highest BCUT2D eigenvalue weighted by atomic mass is 16.1. The Morgan fingerprint density at radius 1 is 1.35 bits per heavy atom. The van der Waals surface area contributed by atoms with Crippen molar-refractivity contribution in [3.63, 3.8) is 0 Å². The monoisotopic (exact) mass is 355 g/mol. The van der Waals surface area contributed by atoms with E-state index in [1.807, 2.05) is 30.3 Å². The lowest BCUT2D eigenvalue weighted by atomic mass is 10.0. The molecule has 26 heavy (non-hydrogen) atoms. The number of carbonyl (C=O) groups excluding carboxylic acids is 1. The average molecular weight is 355 g/mol. The lowest BCUT2D eigenvalue weighted by molar-refractivity contribution is -0.121. The molecule has 140 valence electrons. The molecule has 0 unspecified atom stereocenters. The summed E-state index contributed by atoms with van der Waals surface area (Å²) in [4.78, 5) is 29.5. The summed E-state index contributed by atoms with van der Waals surface area (Å²) < 4.78 is 0. The Labute approximate surface area is 154 Å². The van der Waals surface area contributed by atoms with Crippen LogP contribution in [0.25, 0.3) is 10.9 Å². The number of aromatic amines is 1. The van der Waals surface area contributed by atoms with Crippen LogP contribution in [0.4, 0.5) is 0 Å². The number of fused-ring (bicyclic) bond motifs is 1. The quantitative estimate of drug-likeness (QED) is 0.751. The minimum atomic E-state index is -0.101. The van der Waals surface area contributed by atoms with Gasteiger partial charge in [0, 0.05) is 30.6 Å². The Balaban J connectivity index is 1.40. The number of benzene rings is 1. The topological polar surface area (TPSA) is 65.2 Å². The van der Waals surface area contributed by atoms with Crippen molar-refractivity contribution in [3.8, 4) is 0 Å². The fraction of sp³-hybridized carbons (Fsp3) is 0.524. The molecule has 0 saturated carbocycles. The number of pyridine rings is 1. The van der Waals surface area contributed by atoms with Crippen LogP contribution in [0.2, 0.25) is 0 Å². The lowest BCUT2D eigenvalue weighted by Gasteiger charge is -2.30. The molecule has 1 amide bonds. The molecular weight excluding hydrogens is 326 g/mol. The van der Waals surface area contributed by atoms with Gasteiger partial charge in [-0.25, -0.2) is 0 Å². The molecule has 1 fully saturated rings. The first-order valence-electron chi connectivity index (χ1n) is 9.72. The second kappa shape index (κ2) is 8.99. The number of para-hydroxylation sites is 1. The van der Waals surface area contributed by atoms with Crippen molar-refractivity contribution in [1.82, 2.24) is 15.2 Å². The minimum Gasteiger partial charge on any atom is -0.356 e. The van der Waals surface area contributed by atoms with E-state index in [1.165, 1.54) is 25.9 Å². The number of amides is 1. The Bertz CT molecular complexity index is 799. The summed E-state index contributed by atoms with van der Waals surface area (Å²) >= 11 is 0. The van der Waals surface area contributed by atoms with Crippen molar-refractivity contribution < 1.29 is 4.79 Å². The van der Waals surface area contributed by atoms with Gasteiger partial charge in [0.05, 0.1) is 0 Å². The fourth-order valence-corrected chi connectivity index (χ4v) is 3.74. The third-order valence-corrected chi connectivity index (χ3v) is 5.17. The van der Waals surface area contributed by atoms with E-state index >= 15 is 0 Å². The molecule has 0 radical (unpaired) electrons. The van der Waals surface area contributed by atoms with Crippen molar-refractivity contribution in [3.05, 3.63) is 46.2 Å². The van der Waals surface area contributed by atoms with Crippen LogP contribution < -0.4 is 10.9 Å². The molecule has 1 saturated heterocycles. The lowest BCUT2D eigenvalue weighted by Crippen LogP contribution is -2.36. The van der Waals surface area contributed by atoms with Gasteiger partial charge in [-0.1, -0.05) is 25.1 Å². The second-order valence-corrected chi connectivity index (χ2v) is 7.46. The number of piperidine rings is 1. The van der Waals surface area contributed by atoms with Crippen LogP contribution in [0.3, 0.4) is 0 Å². The van der Waals surface area contributed by atoms with Gasteiger partial charge >= 0.3 is 0 Å². The third-order valence-electron chi connectivity index (χ3n) is 5.17. The Hall–Kier alpha value is -2.14. The van der Waals surface area contributed by atoms with Crippen LogP contribution in [0.1, 0.15) is 38.2 Å². The molecule has 0 aliphatic carbocycles. The minimum absolute atomic E-state index is 0.0181. The molecule has 0 bridgehead atoms. The second-order valence-electron chi connectivity index (χ2n) is 7.46. The summed E-state index contributed by atoms with van der Waals surface area (Å²) in [6.07, 6.45) is 4.42. The highest BCUT2D eigenvalue weighted by molar-refractivity contribution is 5.79. The first-order chi connectivity index (χ1) is 12.6. The summed E-state index contributed by atoms with van der Waals surface area (Å²) in [5.74, 6) is 0.808. The zero-order chi connectivity index (χ0) is 18.4. The number of H-pyrrole nitrogens is 1. The number of hydrogen-bond acceptors (Lipinski definition) is 3. The Morgan fingerprint density at radius 2 is 2.19 bits per heavy atom. The highest BCUT2D eigenvalue weighted by Gasteiger charge is 2.15. The molecule has 0 spiro atoms. The van der Waals surface area contributed by atoms with E-state index < -0.39 is 0 Å². The largest absolute Gasteiger partial charge is 0.356 e. The smallest absolute Gasteiger partial charge is 0.251 e. The van der Waals surface area contributed by atoms with Gasteiger partial charge in [-0.3, -0.25) is 9.59 Å². The molecule has 1 aromatic carbocycles. The van der Waals surface area contributed by atoms with E-state index in [4.69, 9.17) is 0 Å². The standard InChI is InChI=1S/C21H29N3O2/c1-16-6-4-12-24(15-16)13-5-11-22-20(25)10-9-18-14-17-7-2-3-8-19(17)23-21(18)26/h2-3,7-8,14,16H,4-6,9-13,15H2,1H3,(H,22,25)(H,23,26)/t16-/m0/s1. The average Bonchev–Trinajstić information content (AvgIpc) is 2.63. The third kappa shape index (κ3) is 5.18. The van der Waals surface area contributed by atoms with Crippen molar-refractivity contribution in [2.24, 2.45) is 5.92 Å². The summed E-state index contributed by atoms with van der Waals surface area (Å²) in [7, 11) is 0. The predicted molar refractivity (Wildman–Crippen MR) is 105 cm³/mol. The number of hydrogen-bond donors (Lipinski definition) is 2. The SMILES string of the molecule is C[C@H]1CCCN(CCCNC(=O)CCc2cc3ccccc3[nH]c2=O)C1. The first kappa shape index (κ1) is 18.6. The summed E-state index contributed by atoms with van der Waals surface area (Å²) in [5, 5.41) is 3.98.